The number of primary sulfonamides is 1. The van der Waals surface area contributed by atoms with Crippen LogP contribution in [-0.2, 0) is 15.6 Å². The zero-order valence-corrected chi connectivity index (χ0v) is 13.8. The van der Waals surface area contributed by atoms with Gasteiger partial charge in [0.15, 0.2) is 5.82 Å². The number of sulfonamides is 1. The summed E-state index contributed by atoms with van der Waals surface area (Å²) in [5.41, 5.74) is 0.295. The third-order valence-electron chi connectivity index (χ3n) is 2.38. The third-order valence-corrected chi connectivity index (χ3v) is 4.66. The lowest BCUT2D eigenvalue weighted by Crippen LogP contribution is -2.29. The van der Waals surface area contributed by atoms with E-state index in [4.69, 9.17) is 5.14 Å². The smallest absolute Gasteiger partial charge is 0.273 e. The molecule has 6 nitrogen and oxygen atoms in total. The van der Waals surface area contributed by atoms with Crippen LogP contribution in [0.2, 0.25) is 0 Å². The van der Waals surface area contributed by atoms with E-state index in [0.717, 1.165) is 9.35 Å². The molecule has 2 rings (SSSR count). The van der Waals surface area contributed by atoms with Gasteiger partial charge in [-0.1, -0.05) is 0 Å². The van der Waals surface area contributed by atoms with E-state index in [0.29, 0.717) is 5.82 Å². The predicted octanol–water partition coefficient (Wildman–Crippen LogP) is 2.17. The van der Waals surface area contributed by atoms with Gasteiger partial charge < -0.3 is 0 Å². The summed E-state index contributed by atoms with van der Waals surface area (Å²) in [5, 5.41) is 14.5. The minimum Gasteiger partial charge on any atom is -0.291 e. The van der Waals surface area contributed by atoms with Crippen molar-refractivity contribution in [1.29, 1.82) is 0 Å². The lowest BCUT2D eigenvalue weighted by Gasteiger charge is -2.23. The number of thiophene rings is 1. The van der Waals surface area contributed by atoms with E-state index in [9.17, 15) is 8.42 Å². The SMILES string of the molecule is CC(C)(C)n1c(-c2csc(Br)c2)nnc1S(N)(=O)=O. The molecule has 0 aliphatic heterocycles. The van der Waals surface area contributed by atoms with E-state index < -0.39 is 15.6 Å². The van der Waals surface area contributed by atoms with Crippen molar-refractivity contribution in [3.05, 3.63) is 15.2 Å². The molecule has 104 valence electrons. The summed E-state index contributed by atoms with van der Waals surface area (Å²) >= 11 is 4.86. The number of nitrogens with two attached hydrogens (primary N) is 1. The topological polar surface area (TPSA) is 90.9 Å². The third kappa shape index (κ3) is 2.88. The molecule has 0 radical (unpaired) electrons. The first-order chi connectivity index (χ1) is 8.60. The van der Waals surface area contributed by atoms with Crippen LogP contribution in [0.4, 0.5) is 0 Å². The van der Waals surface area contributed by atoms with Crippen LogP contribution in [0.15, 0.2) is 20.4 Å². The summed E-state index contributed by atoms with van der Waals surface area (Å²) in [7, 11) is -3.92. The Hall–Kier alpha value is -0.770. The number of hydrogen-bond donors (Lipinski definition) is 1. The first-order valence-corrected chi connectivity index (χ1v) is 8.55. The summed E-state index contributed by atoms with van der Waals surface area (Å²) in [6.45, 7) is 5.61. The van der Waals surface area contributed by atoms with Gasteiger partial charge in [0.1, 0.15) is 0 Å². The largest absolute Gasteiger partial charge is 0.291 e. The Morgan fingerprint density at radius 1 is 1.37 bits per heavy atom. The van der Waals surface area contributed by atoms with Crippen LogP contribution in [0.1, 0.15) is 20.8 Å². The summed E-state index contributed by atoms with van der Waals surface area (Å²) < 4.78 is 25.7. The summed E-state index contributed by atoms with van der Waals surface area (Å²) in [6, 6.07) is 1.86. The van der Waals surface area contributed by atoms with Crippen molar-refractivity contribution >= 4 is 37.3 Å². The summed E-state index contributed by atoms with van der Waals surface area (Å²) in [6.07, 6.45) is 0. The normalized spacial score (nSPS) is 12.9. The van der Waals surface area contributed by atoms with Gasteiger partial charge in [-0.3, -0.25) is 4.57 Å². The van der Waals surface area contributed by atoms with Crippen molar-refractivity contribution in [2.45, 2.75) is 31.5 Å². The van der Waals surface area contributed by atoms with E-state index in [1.54, 1.807) is 0 Å². The van der Waals surface area contributed by atoms with Crippen LogP contribution < -0.4 is 5.14 Å². The molecule has 0 spiro atoms. The number of halogens is 1. The zero-order chi connectivity index (χ0) is 14.4. The second-order valence-corrected chi connectivity index (χ2v) is 8.74. The fraction of sp³-hybridized carbons (Fsp3) is 0.400. The lowest BCUT2D eigenvalue weighted by molar-refractivity contribution is 0.366. The van der Waals surface area contributed by atoms with Gasteiger partial charge in [-0.15, -0.1) is 21.5 Å². The number of rotatable bonds is 2. The van der Waals surface area contributed by atoms with E-state index in [-0.39, 0.29) is 5.16 Å². The molecule has 0 unspecified atom stereocenters. The highest BCUT2D eigenvalue weighted by Crippen LogP contribution is 2.32. The van der Waals surface area contributed by atoms with Crippen LogP contribution in [0, 0.1) is 0 Å². The maximum absolute atomic E-state index is 11.6. The van der Waals surface area contributed by atoms with Gasteiger partial charge in [0, 0.05) is 16.5 Å². The molecule has 2 N–H and O–H groups in total. The van der Waals surface area contributed by atoms with Crippen molar-refractivity contribution in [3.8, 4) is 11.4 Å². The molecule has 0 aliphatic carbocycles. The second kappa shape index (κ2) is 4.65. The molecule has 0 amide bonds. The standard InChI is InChI=1S/C10H13BrN4O2S2/c1-10(2,3)15-8(6-4-7(11)18-5-6)13-14-9(15)19(12,16)17/h4-5H,1-3H3,(H2,12,16,17). The predicted molar refractivity (Wildman–Crippen MR) is 77.4 cm³/mol. The first kappa shape index (κ1) is 14.6. The average molecular weight is 365 g/mol. The number of aromatic nitrogens is 3. The zero-order valence-electron chi connectivity index (χ0n) is 10.6. The minimum atomic E-state index is -3.92. The summed E-state index contributed by atoms with van der Waals surface area (Å²) in [5.74, 6) is 0.485. The van der Waals surface area contributed by atoms with Crippen LogP contribution in [0.5, 0.6) is 0 Å². The maximum Gasteiger partial charge on any atom is 0.273 e. The van der Waals surface area contributed by atoms with Crippen LogP contribution in [0.3, 0.4) is 0 Å². The number of hydrogen-bond acceptors (Lipinski definition) is 5. The van der Waals surface area contributed by atoms with Crippen LogP contribution in [0.25, 0.3) is 11.4 Å². The Kier molecular flexibility index (Phi) is 3.58. The van der Waals surface area contributed by atoms with Gasteiger partial charge in [-0.05, 0) is 42.8 Å². The highest BCUT2D eigenvalue weighted by Gasteiger charge is 2.29. The quantitative estimate of drug-likeness (QED) is 0.883. The number of nitrogens with zero attached hydrogens (tertiary/aromatic N) is 3. The van der Waals surface area contributed by atoms with Crippen molar-refractivity contribution in [2.24, 2.45) is 5.14 Å². The molecule has 0 aromatic carbocycles. The van der Waals surface area contributed by atoms with E-state index in [1.807, 2.05) is 32.2 Å². The summed E-state index contributed by atoms with van der Waals surface area (Å²) in [4.78, 5) is 0. The molecule has 2 aromatic heterocycles. The van der Waals surface area contributed by atoms with Crippen molar-refractivity contribution in [2.75, 3.05) is 0 Å². The van der Waals surface area contributed by atoms with Gasteiger partial charge in [-0.25, -0.2) is 13.6 Å². The van der Waals surface area contributed by atoms with Crippen molar-refractivity contribution < 1.29 is 8.42 Å². The molecule has 0 aliphatic rings. The van der Waals surface area contributed by atoms with Crippen LogP contribution >= 0.6 is 27.3 Å². The van der Waals surface area contributed by atoms with Gasteiger partial charge in [-0.2, -0.15) is 0 Å². The molecule has 0 atom stereocenters. The molecule has 2 aromatic rings. The minimum absolute atomic E-state index is 0.225. The molecular weight excluding hydrogens is 352 g/mol. The van der Waals surface area contributed by atoms with E-state index >= 15 is 0 Å². The molecule has 0 bridgehead atoms. The monoisotopic (exact) mass is 364 g/mol. The Morgan fingerprint density at radius 2 is 2.00 bits per heavy atom. The Labute approximate surface area is 123 Å². The average Bonchev–Trinajstić information content (AvgIpc) is 2.79. The molecule has 9 heteroatoms. The van der Waals surface area contributed by atoms with Gasteiger partial charge in [0.05, 0.1) is 3.79 Å². The van der Waals surface area contributed by atoms with Crippen molar-refractivity contribution in [3.63, 3.8) is 0 Å². The lowest BCUT2D eigenvalue weighted by atomic mass is 10.1. The molecule has 0 saturated carbocycles. The van der Waals surface area contributed by atoms with Crippen molar-refractivity contribution in [1.82, 2.24) is 14.8 Å². The molecule has 0 fully saturated rings. The first-order valence-electron chi connectivity index (χ1n) is 5.34. The highest BCUT2D eigenvalue weighted by atomic mass is 79.9. The molecule has 0 saturated heterocycles. The molecule has 19 heavy (non-hydrogen) atoms. The Balaban J connectivity index is 2.74. The fourth-order valence-electron chi connectivity index (χ4n) is 1.67. The van der Waals surface area contributed by atoms with E-state index in [1.165, 1.54) is 15.9 Å². The highest BCUT2D eigenvalue weighted by molar-refractivity contribution is 9.11. The second-order valence-electron chi connectivity index (χ2n) is 5.00. The van der Waals surface area contributed by atoms with E-state index in [2.05, 4.69) is 26.1 Å². The molecule has 2 heterocycles. The fourth-order valence-corrected chi connectivity index (χ4v) is 3.58. The van der Waals surface area contributed by atoms with Gasteiger partial charge in [0.2, 0.25) is 0 Å². The molecular formula is C10H13BrN4O2S2. The maximum atomic E-state index is 11.6. The Bertz CT molecular complexity index is 712. The van der Waals surface area contributed by atoms with Gasteiger partial charge >= 0.3 is 0 Å². The Morgan fingerprint density at radius 3 is 2.42 bits per heavy atom. The van der Waals surface area contributed by atoms with Crippen LogP contribution in [-0.4, -0.2) is 23.2 Å². The van der Waals surface area contributed by atoms with Gasteiger partial charge in [0.25, 0.3) is 15.2 Å².